The van der Waals surface area contributed by atoms with Crippen LogP contribution in [-0.2, 0) is 0 Å². The van der Waals surface area contributed by atoms with E-state index < -0.39 is 0 Å². The third kappa shape index (κ3) is 3.72. The first-order valence-electron chi connectivity index (χ1n) is 14.5. The number of anilines is 3. The van der Waals surface area contributed by atoms with Crippen LogP contribution in [0.4, 0.5) is 17.1 Å². The first kappa shape index (κ1) is 24.0. The van der Waals surface area contributed by atoms with Gasteiger partial charge in [0.15, 0.2) is 0 Å². The molecule has 0 atom stereocenters. The van der Waals surface area contributed by atoms with Crippen LogP contribution >= 0.6 is 0 Å². The molecular weight excluding hydrogens is 529 g/mol. The van der Waals surface area contributed by atoms with Crippen molar-refractivity contribution in [1.29, 1.82) is 0 Å². The topological polar surface area (TPSA) is 34.8 Å². The number of nitrogens with zero attached hydrogens (tertiary/aromatic N) is 1. The monoisotopic (exact) mass is 553 g/mol. The fraction of sp³-hybridized carbons (Fsp3) is 0. The third-order valence-electron chi connectivity index (χ3n) is 8.45. The summed E-state index contributed by atoms with van der Waals surface area (Å²) in [5, 5.41) is 1.05. The smallest absolute Gasteiger partial charge is 0.260 e. The molecule has 0 saturated carbocycles. The zero-order valence-electron chi connectivity index (χ0n) is 23.1. The number of fused-ring (bicyclic) bond motifs is 5. The zero-order valence-corrected chi connectivity index (χ0v) is 23.1. The first-order chi connectivity index (χ1) is 21.3. The lowest BCUT2D eigenvalue weighted by molar-refractivity contribution is 0.465. The van der Waals surface area contributed by atoms with Crippen molar-refractivity contribution in [3.8, 4) is 34.1 Å². The van der Waals surface area contributed by atoms with Crippen LogP contribution in [0, 0.1) is 0 Å². The van der Waals surface area contributed by atoms with Crippen LogP contribution in [0.5, 0.6) is 23.0 Å². The molecule has 3 heterocycles. The van der Waals surface area contributed by atoms with Gasteiger partial charge in [-0.05, 0) is 59.0 Å². The Morgan fingerprint density at radius 3 is 1.79 bits per heavy atom. The quantitative estimate of drug-likeness (QED) is 0.206. The molecule has 6 aromatic carbocycles. The molecule has 0 fully saturated rings. The number of ether oxygens (including phenoxy) is 2. The standard InChI is InChI=1S/C38H24BNO3/c1-3-11-25(12-4-1)36-31(20-19-26-21-22-41-38(26)36)40(27-13-5-2-6-14-27)28-23-34-37-35(24-28)43-33-18-10-8-16-30(33)39(37)29-15-7-9-17-32(29)42-34/h1-24H. The lowest BCUT2D eigenvalue weighted by atomic mass is 9.35. The number of para-hydroxylation sites is 3. The van der Waals surface area contributed by atoms with E-state index in [1.165, 1.54) is 0 Å². The van der Waals surface area contributed by atoms with E-state index in [0.717, 1.165) is 78.5 Å². The summed E-state index contributed by atoms with van der Waals surface area (Å²) in [7, 11) is 0. The highest BCUT2D eigenvalue weighted by atomic mass is 16.5. The van der Waals surface area contributed by atoms with Gasteiger partial charge in [0.25, 0.3) is 6.71 Å². The molecule has 0 spiro atoms. The van der Waals surface area contributed by atoms with E-state index in [1.807, 2.05) is 30.3 Å². The van der Waals surface area contributed by atoms with Crippen molar-refractivity contribution in [3.63, 3.8) is 0 Å². The van der Waals surface area contributed by atoms with Gasteiger partial charge in [-0.15, -0.1) is 0 Å². The summed E-state index contributed by atoms with van der Waals surface area (Å²) in [5.41, 5.74) is 9.24. The highest BCUT2D eigenvalue weighted by Crippen LogP contribution is 2.47. The molecule has 0 radical (unpaired) electrons. The second-order valence-corrected chi connectivity index (χ2v) is 10.9. The predicted octanol–water partition coefficient (Wildman–Crippen LogP) is 8.30. The summed E-state index contributed by atoms with van der Waals surface area (Å²) in [6.07, 6.45) is 1.76. The van der Waals surface area contributed by atoms with Crippen molar-refractivity contribution in [2.24, 2.45) is 0 Å². The highest BCUT2D eigenvalue weighted by molar-refractivity contribution is 6.98. The predicted molar refractivity (Wildman–Crippen MR) is 174 cm³/mol. The van der Waals surface area contributed by atoms with Gasteiger partial charge >= 0.3 is 0 Å². The summed E-state index contributed by atoms with van der Waals surface area (Å²) < 4.78 is 19.4. The maximum Gasteiger partial charge on any atom is 0.260 e. The van der Waals surface area contributed by atoms with Crippen molar-refractivity contribution in [1.82, 2.24) is 0 Å². The summed E-state index contributed by atoms with van der Waals surface area (Å²) >= 11 is 0. The van der Waals surface area contributed by atoms with Gasteiger partial charge in [0.05, 0.1) is 17.6 Å². The van der Waals surface area contributed by atoms with Crippen molar-refractivity contribution < 1.29 is 13.9 Å². The molecule has 5 heteroatoms. The Hall–Kier alpha value is -5.68. The number of furan rings is 1. The van der Waals surface area contributed by atoms with Gasteiger partial charge in [0.1, 0.15) is 28.6 Å². The van der Waals surface area contributed by atoms with E-state index in [2.05, 4.69) is 114 Å². The summed E-state index contributed by atoms with van der Waals surface area (Å²) in [4.78, 5) is 2.27. The lowest BCUT2D eigenvalue weighted by Crippen LogP contribution is -2.57. The fourth-order valence-electron chi connectivity index (χ4n) is 6.61. The molecule has 4 nitrogen and oxygen atoms in total. The zero-order chi connectivity index (χ0) is 28.3. The first-order valence-corrected chi connectivity index (χ1v) is 14.5. The van der Waals surface area contributed by atoms with Crippen LogP contribution in [0.25, 0.3) is 22.1 Å². The summed E-state index contributed by atoms with van der Waals surface area (Å²) in [5.74, 6) is 3.33. The molecule has 1 aromatic heterocycles. The van der Waals surface area contributed by atoms with E-state index in [0.29, 0.717) is 0 Å². The molecule has 0 bridgehead atoms. The molecule has 202 valence electrons. The molecule has 0 saturated heterocycles. The van der Waals surface area contributed by atoms with Crippen molar-refractivity contribution in [2.75, 3.05) is 4.90 Å². The third-order valence-corrected chi connectivity index (χ3v) is 8.45. The van der Waals surface area contributed by atoms with Crippen LogP contribution in [0.3, 0.4) is 0 Å². The van der Waals surface area contributed by atoms with Gasteiger partial charge in [-0.1, -0.05) is 84.9 Å². The largest absolute Gasteiger partial charge is 0.464 e. The van der Waals surface area contributed by atoms with Gasteiger partial charge in [0.2, 0.25) is 0 Å². The number of rotatable bonds is 4. The van der Waals surface area contributed by atoms with Crippen LogP contribution in [0.1, 0.15) is 0 Å². The molecule has 43 heavy (non-hydrogen) atoms. The molecule has 0 unspecified atom stereocenters. The van der Waals surface area contributed by atoms with E-state index in [9.17, 15) is 0 Å². The molecule has 9 rings (SSSR count). The average molecular weight is 553 g/mol. The van der Waals surface area contributed by atoms with Gasteiger partial charge < -0.3 is 18.8 Å². The van der Waals surface area contributed by atoms with Gasteiger partial charge in [-0.25, -0.2) is 0 Å². The Morgan fingerprint density at radius 2 is 1.12 bits per heavy atom. The van der Waals surface area contributed by atoms with Gasteiger partial charge in [-0.3, -0.25) is 0 Å². The van der Waals surface area contributed by atoms with E-state index in [-0.39, 0.29) is 6.71 Å². The molecule has 0 aliphatic carbocycles. The minimum atomic E-state index is 0.0264. The SMILES string of the molecule is c1ccc(-c2c(N(c3ccccc3)c3cc4c5c(c3)Oc3ccccc3B5c3ccccc3O4)ccc3ccoc23)cc1. The molecule has 0 N–H and O–H groups in total. The van der Waals surface area contributed by atoms with Crippen LogP contribution < -0.4 is 30.8 Å². The molecular formula is C38H24BNO3. The average Bonchev–Trinajstić information content (AvgIpc) is 3.54. The van der Waals surface area contributed by atoms with Crippen LogP contribution in [0.15, 0.2) is 150 Å². The second kappa shape index (κ2) is 9.43. The van der Waals surface area contributed by atoms with E-state index in [4.69, 9.17) is 13.9 Å². The van der Waals surface area contributed by atoms with Crippen molar-refractivity contribution in [2.45, 2.75) is 0 Å². The Balaban J connectivity index is 1.32. The summed E-state index contributed by atoms with van der Waals surface area (Å²) in [6.45, 7) is 0.0264. The maximum atomic E-state index is 6.65. The van der Waals surface area contributed by atoms with E-state index >= 15 is 0 Å². The maximum absolute atomic E-state index is 6.65. The van der Waals surface area contributed by atoms with Crippen LogP contribution in [0.2, 0.25) is 0 Å². The number of hydrogen-bond donors (Lipinski definition) is 0. The summed E-state index contributed by atoms with van der Waals surface area (Å²) in [6, 6.07) is 48.1. The van der Waals surface area contributed by atoms with Gasteiger partial charge in [-0.2, -0.15) is 0 Å². The fourth-order valence-corrected chi connectivity index (χ4v) is 6.61. The van der Waals surface area contributed by atoms with Crippen molar-refractivity contribution in [3.05, 3.63) is 146 Å². The van der Waals surface area contributed by atoms with Crippen LogP contribution in [-0.4, -0.2) is 6.71 Å². The number of hydrogen-bond acceptors (Lipinski definition) is 4. The Labute approximate surface area is 249 Å². The normalized spacial score (nSPS) is 12.5. The Bertz CT molecular complexity index is 2090. The second-order valence-electron chi connectivity index (χ2n) is 10.9. The minimum absolute atomic E-state index is 0.0264. The van der Waals surface area contributed by atoms with E-state index in [1.54, 1.807) is 6.26 Å². The van der Waals surface area contributed by atoms with Crippen molar-refractivity contribution >= 4 is 51.1 Å². The molecule has 0 amide bonds. The molecule has 7 aromatic rings. The molecule has 2 aliphatic rings. The lowest BCUT2D eigenvalue weighted by Gasteiger charge is -2.35. The Kier molecular flexibility index (Phi) is 5.26. The highest BCUT2D eigenvalue weighted by Gasteiger charge is 2.40. The Morgan fingerprint density at radius 1 is 0.512 bits per heavy atom. The van der Waals surface area contributed by atoms with Gasteiger partial charge in [0, 0.05) is 34.2 Å². The molecule has 2 aliphatic heterocycles. The number of benzene rings is 6. The minimum Gasteiger partial charge on any atom is -0.464 e.